The Kier molecular flexibility index (Phi) is 6.31. The van der Waals surface area contributed by atoms with Crippen molar-refractivity contribution in [1.82, 2.24) is 5.32 Å². The van der Waals surface area contributed by atoms with E-state index in [1.54, 1.807) is 0 Å². The summed E-state index contributed by atoms with van der Waals surface area (Å²) in [6.07, 6.45) is 1.10. The zero-order valence-electron chi connectivity index (χ0n) is 10.5. The predicted octanol–water partition coefficient (Wildman–Crippen LogP) is 4.26. The Labute approximate surface area is 117 Å². The zero-order valence-corrected chi connectivity index (χ0v) is 12.8. The fourth-order valence-corrected chi connectivity index (χ4v) is 2.10. The van der Waals surface area contributed by atoms with E-state index in [1.807, 2.05) is 18.2 Å². The minimum Gasteiger partial charge on any atom is -0.488 e. The molecule has 0 saturated heterocycles. The lowest BCUT2D eigenvalue weighted by Crippen LogP contribution is -2.34. The van der Waals surface area contributed by atoms with Crippen LogP contribution in [-0.4, -0.2) is 18.7 Å². The van der Waals surface area contributed by atoms with Gasteiger partial charge in [-0.15, -0.1) is 0 Å². The van der Waals surface area contributed by atoms with Crippen molar-refractivity contribution in [1.29, 1.82) is 0 Å². The standard InChI is InChI=1S/C13H19BrClNO/c1-4-11(8-16-9(2)3)17-13-6-5-10(14)7-12(13)15/h5-7,9,11,16H,4,8H2,1-3H3. The Morgan fingerprint density at radius 1 is 1.41 bits per heavy atom. The molecular formula is C13H19BrClNO. The van der Waals surface area contributed by atoms with Gasteiger partial charge in [0.15, 0.2) is 0 Å². The molecule has 0 aliphatic rings. The minimum absolute atomic E-state index is 0.149. The topological polar surface area (TPSA) is 21.3 Å². The van der Waals surface area contributed by atoms with E-state index in [-0.39, 0.29) is 6.10 Å². The van der Waals surface area contributed by atoms with E-state index < -0.39 is 0 Å². The smallest absolute Gasteiger partial charge is 0.138 e. The predicted molar refractivity (Wildman–Crippen MR) is 77.0 cm³/mol. The maximum atomic E-state index is 6.12. The van der Waals surface area contributed by atoms with Crippen molar-refractivity contribution in [2.75, 3.05) is 6.54 Å². The summed E-state index contributed by atoms with van der Waals surface area (Å²) in [7, 11) is 0. The first-order valence-corrected chi connectivity index (χ1v) is 7.05. The first-order valence-electron chi connectivity index (χ1n) is 5.88. The van der Waals surface area contributed by atoms with E-state index in [9.17, 15) is 0 Å². The van der Waals surface area contributed by atoms with Gasteiger partial charge in [0.25, 0.3) is 0 Å². The van der Waals surface area contributed by atoms with E-state index in [0.29, 0.717) is 11.1 Å². The highest BCUT2D eigenvalue weighted by atomic mass is 79.9. The minimum atomic E-state index is 0.149. The summed E-state index contributed by atoms with van der Waals surface area (Å²) in [5.41, 5.74) is 0. The first-order chi connectivity index (χ1) is 8.02. The lowest BCUT2D eigenvalue weighted by molar-refractivity contribution is 0.190. The van der Waals surface area contributed by atoms with Gasteiger partial charge in [0.1, 0.15) is 11.9 Å². The van der Waals surface area contributed by atoms with Gasteiger partial charge in [0.2, 0.25) is 0 Å². The van der Waals surface area contributed by atoms with Gasteiger partial charge in [-0.3, -0.25) is 0 Å². The van der Waals surface area contributed by atoms with Gasteiger partial charge >= 0.3 is 0 Å². The van der Waals surface area contributed by atoms with Gasteiger partial charge < -0.3 is 10.1 Å². The van der Waals surface area contributed by atoms with Crippen molar-refractivity contribution in [3.63, 3.8) is 0 Å². The van der Waals surface area contributed by atoms with Crippen LogP contribution in [0.2, 0.25) is 5.02 Å². The van der Waals surface area contributed by atoms with Gasteiger partial charge in [0.05, 0.1) is 5.02 Å². The monoisotopic (exact) mass is 319 g/mol. The first kappa shape index (κ1) is 14.8. The van der Waals surface area contributed by atoms with Crippen molar-refractivity contribution >= 4 is 27.5 Å². The third-order valence-corrected chi connectivity index (χ3v) is 3.19. The zero-order chi connectivity index (χ0) is 12.8. The molecule has 1 aromatic carbocycles. The molecule has 0 aliphatic carbocycles. The SMILES string of the molecule is CCC(CNC(C)C)Oc1ccc(Br)cc1Cl. The molecule has 0 radical (unpaired) electrons. The Balaban J connectivity index is 2.60. The van der Waals surface area contributed by atoms with Gasteiger partial charge in [-0.25, -0.2) is 0 Å². The number of nitrogens with one attached hydrogen (secondary N) is 1. The normalized spacial score (nSPS) is 12.8. The highest BCUT2D eigenvalue weighted by Crippen LogP contribution is 2.28. The van der Waals surface area contributed by atoms with Crippen LogP contribution in [-0.2, 0) is 0 Å². The molecule has 0 aliphatic heterocycles. The number of hydrogen-bond donors (Lipinski definition) is 1. The summed E-state index contributed by atoms with van der Waals surface area (Å²) >= 11 is 9.49. The molecule has 2 nitrogen and oxygen atoms in total. The largest absolute Gasteiger partial charge is 0.488 e. The van der Waals surface area contributed by atoms with Crippen molar-refractivity contribution in [2.45, 2.75) is 39.3 Å². The lowest BCUT2D eigenvalue weighted by atomic mass is 10.2. The average molecular weight is 321 g/mol. The Morgan fingerprint density at radius 2 is 2.12 bits per heavy atom. The average Bonchev–Trinajstić information content (AvgIpc) is 2.26. The third kappa shape index (κ3) is 5.28. The Bertz CT molecular complexity index is 357. The van der Waals surface area contributed by atoms with Gasteiger partial charge in [-0.2, -0.15) is 0 Å². The number of benzene rings is 1. The van der Waals surface area contributed by atoms with E-state index in [0.717, 1.165) is 23.2 Å². The summed E-state index contributed by atoms with van der Waals surface area (Å²) in [4.78, 5) is 0. The third-order valence-electron chi connectivity index (χ3n) is 2.40. The summed E-state index contributed by atoms with van der Waals surface area (Å²) < 4.78 is 6.85. The molecule has 1 N–H and O–H groups in total. The fourth-order valence-electron chi connectivity index (χ4n) is 1.39. The molecule has 0 amide bonds. The molecule has 0 saturated carbocycles. The number of rotatable bonds is 6. The molecule has 0 bridgehead atoms. The Hall–Kier alpha value is -0.250. The number of halogens is 2. The summed E-state index contributed by atoms with van der Waals surface area (Å²) in [5, 5.41) is 4.01. The van der Waals surface area contributed by atoms with Crippen LogP contribution in [0.1, 0.15) is 27.2 Å². The van der Waals surface area contributed by atoms with Crippen LogP contribution in [0.25, 0.3) is 0 Å². The van der Waals surface area contributed by atoms with E-state index >= 15 is 0 Å². The molecule has 4 heteroatoms. The molecule has 96 valence electrons. The lowest BCUT2D eigenvalue weighted by Gasteiger charge is -2.20. The van der Waals surface area contributed by atoms with Gasteiger partial charge in [0, 0.05) is 17.1 Å². The second-order valence-corrected chi connectivity index (χ2v) is 5.61. The summed E-state index contributed by atoms with van der Waals surface area (Å²) in [6, 6.07) is 6.14. The molecule has 1 rings (SSSR count). The van der Waals surface area contributed by atoms with Crippen molar-refractivity contribution < 1.29 is 4.74 Å². The quantitative estimate of drug-likeness (QED) is 0.845. The second kappa shape index (κ2) is 7.24. The maximum absolute atomic E-state index is 6.12. The van der Waals surface area contributed by atoms with E-state index in [2.05, 4.69) is 42.0 Å². The van der Waals surface area contributed by atoms with Crippen LogP contribution in [0.5, 0.6) is 5.75 Å². The van der Waals surface area contributed by atoms with Crippen LogP contribution in [0, 0.1) is 0 Å². The van der Waals surface area contributed by atoms with Crippen LogP contribution in [0.3, 0.4) is 0 Å². The van der Waals surface area contributed by atoms with Crippen LogP contribution in [0.4, 0.5) is 0 Å². The molecule has 1 aromatic rings. The van der Waals surface area contributed by atoms with Crippen LogP contribution < -0.4 is 10.1 Å². The van der Waals surface area contributed by atoms with Gasteiger partial charge in [-0.1, -0.05) is 48.3 Å². The molecule has 0 aromatic heterocycles. The summed E-state index contributed by atoms with van der Waals surface area (Å²) in [5.74, 6) is 0.743. The van der Waals surface area contributed by atoms with E-state index in [1.165, 1.54) is 0 Å². The fraction of sp³-hybridized carbons (Fsp3) is 0.538. The molecule has 0 heterocycles. The molecule has 0 fully saturated rings. The molecule has 17 heavy (non-hydrogen) atoms. The van der Waals surface area contributed by atoms with Crippen molar-refractivity contribution in [2.24, 2.45) is 0 Å². The molecular weight excluding hydrogens is 302 g/mol. The molecule has 1 atom stereocenters. The van der Waals surface area contributed by atoms with Crippen LogP contribution >= 0.6 is 27.5 Å². The maximum Gasteiger partial charge on any atom is 0.138 e. The highest BCUT2D eigenvalue weighted by Gasteiger charge is 2.11. The second-order valence-electron chi connectivity index (χ2n) is 4.29. The number of ether oxygens (including phenoxy) is 1. The highest BCUT2D eigenvalue weighted by molar-refractivity contribution is 9.10. The van der Waals surface area contributed by atoms with E-state index in [4.69, 9.17) is 16.3 Å². The molecule has 0 spiro atoms. The molecule has 1 unspecified atom stereocenters. The van der Waals surface area contributed by atoms with Crippen molar-refractivity contribution in [3.05, 3.63) is 27.7 Å². The Morgan fingerprint density at radius 3 is 2.65 bits per heavy atom. The van der Waals surface area contributed by atoms with Gasteiger partial charge in [-0.05, 0) is 24.6 Å². The number of hydrogen-bond acceptors (Lipinski definition) is 2. The van der Waals surface area contributed by atoms with Crippen molar-refractivity contribution in [3.8, 4) is 5.75 Å². The van der Waals surface area contributed by atoms with Crippen LogP contribution in [0.15, 0.2) is 22.7 Å². The summed E-state index contributed by atoms with van der Waals surface area (Å²) in [6.45, 7) is 7.19.